The number of carboxylic acids is 1. The Bertz CT molecular complexity index is 511. The van der Waals surface area contributed by atoms with Crippen LogP contribution in [0.3, 0.4) is 0 Å². The second-order valence-electron chi connectivity index (χ2n) is 5.37. The Hall–Kier alpha value is -1.88. The van der Waals surface area contributed by atoms with Crippen molar-refractivity contribution in [2.45, 2.75) is 25.4 Å². The van der Waals surface area contributed by atoms with E-state index in [9.17, 15) is 9.59 Å². The predicted octanol–water partition coefficient (Wildman–Crippen LogP) is 2.03. The highest BCUT2D eigenvalue weighted by Gasteiger charge is 2.33. The van der Waals surface area contributed by atoms with Gasteiger partial charge in [-0.2, -0.15) is 0 Å². The first kappa shape index (κ1) is 14.5. The number of amides is 1. The van der Waals surface area contributed by atoms with Gasteiger partial charge in [0.2, 0.25) is 0 Å². The van der Waals surface area contributed by atoms with Crippen LogP contribution in [0.1, 0.15) is 40.5 Å². The molecule has 1 fully saturated rings. The molecule has 1 aromatic carbocycles. The number of rotatable bonds is 3. The van der Waals surface area contributed by atoms with Gasteiger partial charge in [0, 0.05) is 25.8 Å². The predicted molar refractivity (Wildman–Crippen MR) is 74.0 cm³/mol. The number of hydrogen-bond donors (Lipinski definition) is 1. The molecule has 5 heteroatoms. The molecule has 0 saturated carbocycles. The van der Waals surface area contributed by atoms with Crippen LogP contribution in [-0.2, 0) is 4.74 Å². The summed E-state index contributed by atoms with van der Waals surface area (Å²) >= 11 is 0. The van der Waals surface area contributed by atoms with Crippen molar-refractivity contribution >= 4 is 11.9 Å². The fraction of sp³-hybridized carbons (Fsp3) is 0.467. The van der Waals surface area contributed by atoms with Crippen LogP contribution in [0.2, 0.25) is 0 Å². The summed E-state index contributed by atoms with van der Waals surface area (Å²) in [5, 5.41) is 8.85. The Labute approximate surface area is 118 Å². The van der Waals surface area contributed by atoms with E-state index in [0.717, 1.165) is 12.8 Å². The fourth-order valence-corrected chi connectivity index (χ4v) is 2.48. The van der Waals surface area contributed by atoms with Crippen LogP contribution in [0.4, 0.5) is 0 Å². The van der Waals surface area contributed by atoms with Crippen molar-refractivity contribution in [2.75, 3.05) is 20.2 Å². The Morgan fingerprint density at radius 1 is 1.25 bits per heavy atom. The summed E-state index contributed by atoms with van der Waals surface area (Å²) in [4.78, 5) is 25.0. The highest BCUT2D eigenvalue weighted by atomic mass is 16.5. The molecule has 0 aliphatic carbocycles. The van der Waals surface area contributed by atoms with E-state index in [2.05, 4.69) is 0 Å². The third-order valence-corrected chi connectivity index (χ3v) is 3.82. The first-order valence-electron chi connectivity index (χ1n) is 6.63. The molecule has 5 nitrogen and oxygen atoms in total. The molecule has 1 atom stereocenters. The summed E-state index contributed by atoms with van der Waals surface area (Å²) in [6.07, 6.45) is 1.84. The van der Waals surface area contributed by atoms with Crippen molar-refractivity contribution in [2.24, 2.45) is 0 Å². The number of carbonyl (C=O) groups is 2. The zero-order chi connectivity index (χ0) is 14.8. The maximum absolute atomic E-state index is 12.4. The molecule has 1 aromatic rings. The number of ether oxygens (including phenoxy) is 1. The number of carbonyl (C=O) groups excluding carboxylic acids is 1. The molecule has 1 aliphatic heterocycles. The van der Waals surface area contributed by atoms with E-state index in [1.165, 1.54) is 12.1 Å². The van der Waals surface area contributed by atoms with Crippen LogP contribution >= 0.6 is 0 Å². The molecule has 1 amide bonds. The van der Waals surface area contributed by atoms with E-state index in [0.29, 0.717) is 18.7 Å². The lowest BCUT2D eigenvalue weighted by Gasteiger charge is -2.39. The summed E-state index contributed by atoms with van der Waals surface area (Å²) < 4.78 is 5.47. The zero-order valence-electron chi connectivity index (χ0n) is 11.8. The average molecular weight is 277 g/mol. The van der Waals surface area contributed by atoms with Gasteiger partial charge in [-0.05, 0) is 44.0 Å². The van der Waals surface area contributed by atoms with Crippen LogP contribution in [-0.4, -0.2) is 47.7 Å². The van der Waals surface area contributed by atoms with Gasteiger partial charge in [-0.25, -0.2) is 4.79 Å². The van der Waals surface area contributed by atoms with Gasteiger partial charge in [0.15, 0.2) is 0 Å². The number of methoxy groups -OCH3 is 1. The van der Waals surface area contributed by atoms with Gasteiger partial charge < -0.3 is 14.7 Å². The van der Waals surface area contributed by atoms with Crippen molar-refractivity contribution in [3.8, 4) is 0 Å². The number of benzene rings is 1. The molecule has 0 spiro atoms. The molecule has 1 saturated heterocycles. The first-order valence-corrected chi connectivity index (χ1v) is 6.63. The van der Waals surface area contributed by atoms with Gasteiger partial charge in [-0.1, -0.05) is 0 Å². The molecule has 108 valence electrons. The van der Waals surface area contributed by atoms with Crippen molar-refractivity contribution in [3.05, 3.63) is 35.4 Å². The second kappa shape index (κ2) is 5.63. The minimum absolute atomic E-state index is 0.0788. The van der Waals surface area contributed by atoms with Crippen LogP contribution < -0.4 is 0 Å². The largest absolute Gasteiger partial charge is 0.478 e. The van der Waals surface area contributed by atoms with E-state index >= 15 is 0 Å². The van der Waals surface area contributed by atoms with Crippen molar-refractivity contribution in [1.82, 2.24) is 4.90 Å². The number of aromatic carboxylic acids is 1. The lowest BCUT2D eigenvalue weighted by molar-refractivity contribution is -0.0440. The molecule has 0 radical (unpaired) electrons. The van der Waals surface area contributed by atoms with Crippen LogP contribution in [0.15, 0.2) is 24.3 Å². The van der Waals surface area contributed by atoms with Gasteiger partial charge in [-0.3, -0.25) is 4.79 Å². The monoisotopic (exact) mass is 277 g/mol. The molecule has 1 N–H and O–H groups in total. The minimum Gasteiger partial charge on any atom is -0.478 e. The number of nitrogens with zero attached hydrogens (tertiary/aromatic N) is 1. The molecule has 20 heavy (non-hydrogen) atoms. The quantitative estimate of drug-likeness (QED) is 0.918. The van der Waals surface area contributed by atoms with Gasteiger partial charge >= 0.3 is 5.97 Å². The fourth-order valence-electron chi connectivity index (χ4n) is 2.48. The summed E-state index contributed by atoms with van der Waals surface area (Å²) in [5.74, 6) is -1.07. The van der Waals surface area contributed by atoms with Crippen LogP contribution in [0.25, 0.3) is 0 Å². The smallest absolute Gasteiger partial charge is 0.335 e. The van der Waals surface area contributed by atoms with Crippen molar-refractivity contribution < 1.29 is 19.4 Å². The molecule has 1 aliphatic rings. The topological polar surface area (TPSA) is 66.8 Å². The maximum Gasteiger partial charge on any atom is 0.335 e. The lowest BCUT2D eigenvalue weighted by Crippen LogP contribution is -2.49. The molecule has 0 aromatic heterocycles. The molecule has 0 bridgehead atoms. The maximum atomic E-state index is 12.4. The summed E-state index contributed by atoms with van der Waals surface area (Å²) in [5.41, 5.74) is 0.395. The molecular weight excluding hydrogens is 258 g/mol. The number of likely N-dealkylation sites (tertiary alicyclic amines) is 1. The standard InChI is InChI=1S/C15H19NO4/c1-15(20-2)8-3-9-16(10-15)13(17)11-4-6-12(7-5-11)14(18)19/h4-7H,3,8-10H2,1-2H3,(H,18,19). The highest BCUT2D eigenvalue weighted by molar-refractivity contribution is 5.96. The summed E-state index contributed by atoms with van der Waals surface area (Å²) in [7, 11) is 1.66. The van der Waals surface area contributed by atoms with Crippen molar-refractivity contribution in [1.29, 1.82) is 0 Å². The molecule has 2 rings (SSSR count). The highest BCUT2D eigenvalue weighted by Crippen LogP contribution is 2.25. The Kier molecular flexibility index (Phi) is 4.09. The Morgan fingerprint density at radius 3 is 2.40 bits per heavy atom. The van der Waals surface area contributed by atoms with E-state index < -0.39 is 5.97 Å². The summed E-state index contributed by atoms with van der Waals surface area (Å²) in [6, 6.07) is 6.03. The third-order valence-electron chi connectivity index (χ3n) is 3.82. The van der Waals surface area contributed by atoms with Gasteiger partial charge in [0.1, 0.15) is 0 Å². The minimum atomic E-state index is -0.992. The Morgan fingerprint density at radius 2 is 1.85 bits per heavy atom. The van der Waals surface area contributed by atoms with E-state index in [-0.39, 0.29) is 17.1 Å². The first-order chi connectivity index (χ1) is 9.45. The molecular formula is C15H19NO4. The van der Waals surface area contributed by atoms with Crippen LogP contribution in [0, 0.1) is 0 Å². The van der Waals surface area contributed by atoms with E-state index in [4.69, 9.17) is 9.84 Å². The second-order valence-corrected chi connectivity index (χ2v) is 5.37. The number of hydrogen-bond acceptors (Lipinski definition) is 3. The zero-order valence-corrected chi connectivity index (χ0v) is 11.8. The van der Waals surface area contributed by atoms with E-state index in [1.54, 1.807) is 24.1 Å². The normalized spacial score (nSPS) is 22.6. The molecule has 1 unspecified atom stereocenters. The molecule has 1 heterocycles. The van der Waals surface area contributed by atoms with Gasteiger partial charge in [0.25, 0.3) is 5.91 Å². The third kappa shape index (κ3) is 2.99. The lowest BCUT2D eigenvalue weighted by atomic mass is 9.94. The number of piperidine rings is 1. The van der Waals surface area contributed by atoms with Gasteiger partial charge in [0.05, 0.1) is 11.2 Å². The SMILES string of the molecule is COC1(C)CCCN(C(=O)c2ccc(C(=O)O)cc2)C1. The number of carboxylic acid groups (broad SMARTS) is 1. The van der Waals surface area contributed by atoms with Crippen LogP contribution in [0.5, 0.6) is 0 Å². The van der Waals surface area contributed by atoms with E-state index in [1.807, 2.05) is 6.92 Å². The Balaban J connectivity index is 2.12. The summed E-state index contributed by atoms with van der Waals surface area (Å²) in [6.45, 7) is 3.27. The van der Waals surface area contributed by atoms with Crippen molar-refractivity contribution in [3.63, 3.8) is 0 Å². The average Bonchev–Trinajstić information content (AvgIpc) is 2.46. The van der Waals surface area contributed by atoms with Gasteiger partial charge in [-0.15, -0.1) is 0 Å².